The molecule has 0 atom stereocenters. The fourth-order valence-corrected chi connectivity index (χ4v) is 6.73. The van der Waals surface area contributed by atoms with E-state index >= 15 is 0 Å². The Morgan fingerprint density at radius 2 is 1.74 bits per heavy atom. The highest BCUT2D eigenvalue weighted by atomic mass is 32.1. The lowest BCUT2D eigenvalue weighted by atomic mass is 9.53. The Hall–Kier alpha value is -1.81. The van der Waals surface area contributed by atoms with Gasteiger partial charge in [0.15, 0.2) is 0 Å². The molecule has 1 aromatic heterocycles. The summed E-state index contributed by atoms with van der Waals surface area (Å²) < 4.78 is 5.85. The van der Waals surface area contributed by atoms with E-state index < -0.39 is 0 Å². The second-order valence-electron chi connectivity index (χ2n) is 9.07. The van der Waals surface area contributed by atoms with Gasteiger partial charge < -0.3 is 10.1 Å². The zero-order valence-electron chi connectivity index (χ0n) is 15.9. The number of rotatable bonds is 5. The number of thiophene rings is 1. The molecule has 4 fully saturated rings. The van der Waals surface area contributed by atoms with E-state index in [1.54, 1.807) is 0 Å². The third kappa shape index (κ3) is 3.52. The first kappa shape index (κ1) is 17.3. The molecule has 3 nitrogen and oxygen atoms in total. The van der Waals surface area contributed by atoms with Crippen molar-refractivity contribution < 1.29 is 9.53 Å². The minimum absolute atomic E-state index is 0.0778. The highest BCUT2D eigenvalue weighted by Crippen LogP contribution is 2.55. The summed E-state index contributed by atoms with van der Waals surface area (Å²) >= 11 is 1.53. The second kappa shape index (κ2) is 6.66. The summed E-state index contributed by atoms with van der Waals surface area (Å²) in [7, 11) is 0. The number of amides is 1. The van der Waals surface area contributed by atoms with Crippen LogP contribution in [0.1, 0.15) is 59.3 Å². The molecule has 1 heterocycles. The van der Waals surface area contributed by atoms with E-state index in [0.717, 1.165) is 33.9 Å². The average molecular weight is 382 g/mol. The summed E-state index contributed by atoms with van der Waals surface area (Å²) in [5.74, 6) is 3.52. The summed E-state index contributed by atoms with van der Waals surface area (Å²) in [6, 6.07) is 10.1. The quantitative estimate of drug-likeness (QED) is 0.760. The summed E-state index contributed by atoms with van der Waals surface area (Å²) in [4.78, 5) is 13.7. The SMILES string of the molecule is Cc1ccc(OCc2csc(C(=O)NC34CC5CC(CC(C5)C3)C4)c2)cc1. The number of aryl methyl sites for hydroxylation is 1. The van der Waals surface area contributed by atoms with E-state index in [1.807, 2.05) is 35.7 Å². The van der Waals surface area contributed by atoms with Crippen molar-refractivity contribution >= 4 is 17.2 Å². The first-order valence-electron chi connectivity index (χ1n) is 10.2. The van der Waals surface area contributed by atoms with Gasteiger partial charge in [-0.3, -0.25) is 4.79 Å². The molecule has 0 spiro atoms. The number of benzene rings is 1. The van der Waals surface area contributed by atoms with Crippen molar-refractivity contribution in [3.05, 3.63) is 51.7 Å². The van der Waals surface area contributed by atoms with E-state index in [4.69, 9.17) is 4.74 Å². The van der Waals surface area contributed by atoms with Gasteiger partial charge in [0.1, 0.15) is 12.4 Å². The van der Waals surface area contributed by atoms with Crippen LogP contribution in [0.25, 0.3) is 0 Å². The maximum absolute atomic E-state index is 12.9. The van der Waals surface area contributed by atoms with Gasteiger partial charge in [0, 0.05) is 11.1 Å². The number of carbonyl (C=O) groups is 1. The van der Waals surface area contributed by atoms with Crippen molar-refractivity contribution in [2.75, 3.05) is 0 Å². The molecule has 4 heteroatoms. The molecule has 6 rings (SSSR count). The first-order valence-corrected chi connectivity index (χ1v) is 11.0. The molecule has 0 radical (unpaired) electrons. The van der Waals surface area contributed by atoms with Gasteiger partial charge in [0.2, 0.25) is 0 Å². The second-order valence-corrected chi connectivity index (χ2v) is 9.98. The lowest BCUT2D eigenvalue weighted by Crippen LogP contribution is -2.59. The lowest BCUT2D eigenvalue weighted by molar-refractivity contribution is -0.0166. The van der Waals surface area contributed by atoms with Gasteiger partial charge in [-0.2, -0.15) is 0 Å². The van der Waals surface area contributed by atoms with Gasteiger partial charge in [-0.05, 0) is 86.8 Å². The molecule has 4 bridgehead atoms. The van der Waals surface area contributed by atoms with Gasteiger partial charge >= 0.3 is 0 Å². The van der Waals surface area contributed by atoms with Gasteiger partial charge in [-0.15, -0.1) is 11.3 Å². The molecule has 0 aliphatic heterocycles. The van der Waals surface area contributed by atoms with Gasteiger partial charge in [-0.25, -0.2) is 0 Å². The van der Waals surface area contributed by atoms with Gasteiger partial charge in [-0.1, -0.05) is 17.7 Å². The van der Waals surface area contributed by atoms with E-state index in [1.165, 1.54) is 55.4 Å². The molecule has 1 N–H and O–H groups in total. The molecule has 142 valence electrons. The van der Waals surface area contributed by atoms with Crippen molar-refractivity contribution in [1.29, 1.82) is 0 Å². The van der Waals surface area contributed by atoms with Crippen molar-refractivity contribution in [3.63, 3.8) is 0 Å². The van der Waals surface area contributed by atoms with Gasteiger partial charge in [0.05, 0.1) is 4.88 Å². The summed E-state index contributed by atoms with van der Waals surface area (Å²) in [6.45, 7) is 2.57. The van der Waals surface area contributed by atoms with Crippen molar-refractivity contribution in [3.8, 4) is 5.75 Å². The molecule has 0 saturated heterocycles. The number of ether oxygens (including phenoxy) is 1. The summed E-state index contributed by atoms with van der Waals surface area (Å²) in [5, 5.41) is 5.51. The average Bonchev–Trinajstić information content (AvgIpc) is 3.09. The van der Waals surface area contributed by atoms with E-state index in [9.17, 15) is 4.79 Å². The van der Waals surface area contributed by atoms with E-state index in [2.05, 4.69) is 12.2 Å². The highest BCUT2D eigenvalue weighted by Gasteiger charge is 2.51. The third-order valence-electron chi connectivity index (χ3n) is 6.72. The molecular formula is C23H27NO2S. The zero-order chi connectivity index (χ0) is 18.4. The Morgan fingerprint density at radius 3 is 2.37 bits per heavy atom. The Kier molecular flexibility index (Phi) is 4.27. The molecule has 0 unspecified atom stereocenters. The normalized spacial score (nSPS) is 31.1. The van der Waals surface area contributed by atoms with Crippen LogP contribution in [0.4, 0.5) is 0 Å². The van der Waals surface area contributed by atoms with Crippen molar-refractivity contribution in [2.45, 2.75) is 57.6 Å². The Labute approximate surface area is 165 Å². The van der Waals surface area contributed by atoms with Crippen LogP contribution in [0.2, 0.25) is 0 Å². The third-order valence-corrected chi connectivity index (χ3v) is 7.70. The molecule has 27 heavy (non-hydrogen) atoms. The van der Waals surface area contributed by atoms with Crippen molar-refractivity contribution in [2.24, 2.45) is 17.8 Å². The Balaban J connectivity index is 1.22. The molecular weight excluding hydrogens is 354 g/mol. The molecule has 2 aromatic rings. The fourth-order valence-electron chi connectivity index (χ4n) is 5.94. The fraction of sp³-hybridized carbons (Fsp3) is 0.522. The maximum Gasteiger partial charge on any atom is 0.261 e. The van der Waals surface area contributed by atoms with Gasteiger partial charge in [0.25, 0.3) is 5.91 Å². The van der Waals surface area contributed by atoms with Crippen LogP contribution in [-0.4, -0.2) is 11.4 Å². The number of hydrogen-bond donors (Lipinski definition) is 1. The van der Waals surface area contributed by atoms with Crippen molar-refractivity contribution in [1.82, 2.24) is 5.32 Å². The number of carbonyl (C=O) groups excluding carboxylic acids is 1. The number of hydrogen-bond acceptors (Lipinski definition) is 3. The Bertz CT molecular complexity index is 803. The highest BCUT2D eigenvalue weighted by molar-refractivity contribution is 7.12. The van der Waals surface area contributed by atoms with Crippen LogP contribution >= 0.6 is 11.3 Å². The van der Waals surface area contributed by atoms with E-state index in [0.29, 0.717) is 6.61 Å². The van der Waals surface area contributed by atoms with Crippen LogP contribution in [0.3, 0.4) is 0 Å². The summed E-state index contributed by atoms with van der Waals surface area (Å²) in [6.07, 6.45) is 7.77. The van der Waals surface area contributed by atoms with Crippen LogP contribution in [0.15, 0.2) is 35.7 Å². The lowest BCUT2D eigenvalue weighted by Gasteiger charge is -2.56. The number of nitrogens with one attached hydrogen (secondary N) is 1. The minimum atomic E-state index is 0.0778. The van der Waals surface area contributed by atoms with Crippen LogP contribution in [0, 0.1) is 24.7 Å². The smallest absolute Gasteiger partial charge is 0.261 e. The monoisotopic (exact) mass is 381 g/mol. The molecule has 4 saturated carbocycles. The predicted octanol–water partition coefficient (Wildman–Crippen LogP) is 5.33. The van der Waals surface area contributed by atoms with Crippen LogP contribution < -0.4 is 10.1 Å². The zero-order valence-corrected chi connectivity index (χ0v) is 16.7. The molecule has 1 amide bonds. The van der Waals surface area contributed by atoms with Crippen LogP contribution in [-0.2, 0) is 6.61 Å². The standard InChI is InChI=1S/C23H27NO2S/c1-15-2-4-20(5-3-15)26-13-19-9-21(27-14-19)22(25)24-23-10-16-6-17(11-23)8-18(7-16)12-23/h2-5,9,14,16-18H,6-8,10-13H2,1H3,(H,24,25). The molecule has 4 aliphatic rings. The largest absolute Gasteiger partial charge is 0.489 e. The first-order chi connectivity index (χ1) is 13.1. The minimum Gasteiger partial charge on any atom is -0.489 e. The maximum atomic E-state index is 12.9. The van der Waals surface area contributed by atoms with E-state index in [-0.39, 0.29) is 11.4 Å². The summed E-state index contributed by atoms with van der Waals surface area (Å²) in [5.41, 5.74) is 2.37. The topological polar surface area (TPSA) is 38.3 Å². The molecule has 1 aromatic carbocycles. The predicted molar refractivity (Wildman–Crippen MR) is 108 cm³/mol. The Morgan fingerprint density at radius 1 is 1.11 bits per heavy atom. The van der Waals surface area contributed by atoms with Crippen LogP contribution in [0.5, 0.6) is 5.75 Å². The molecule has 4 aliphatic carbocycles.